The first-order valence-corrected chi connectivity index (χ1v) is 6.59. The maximum Gasteiger partial charge on any atom is 1.00 e. The number of hydrogen-bond donors (Lipinski definition) is 0. The third kappa shape index (κ3) is 3.08. The Morgan fingerprint density at radius 2 is 2.00 bits per heavy atom. The van der Waals surface area contributed by atoms with E-state index in [1.807, 2.05) is 17.1 Å². The van der Waals surface area contributed by atoms with Crippen LogP contribution in [0.15, 0.2) is 24.3 Å². The van der Waals surface area contributed by atoms with Crippen molar-refractivity contribution in [3.63, 3.8) is 0 Å². The maximum absolute atomic E-state index is 10.5. The molecule has 0 saturated carbocycles. The van der Waals surface area contributed by atoms with Crippen molar-refractivity contribution in [3.8, 4) is 0 Å². The van der Waals surface area contributed by atoms with E-state index in [0.717, 1.165) is 3.61 Å². The Bertz CT molecular complexity index is 276. The Balaban J connectivity index is 0.00000121. The minimum Gasteiger partial charge on any atom is 1.00 e. The molecule has 0 heterocycles. The van der Waals surface area contributed by atoms with E-state index in [0.29, 0.717) is 5.56 Å². The van der Waals surface area contributed by atoms with Crippen LogP contribution in [0.1, 0.15) is 10.4 Å². The van der Waals surface area contributed by atoms with Crippen molar-refractivity contribution < 1.29 is 39.5 Å². The van der Waals surface area contributed by atoms with Crippen LogP contribution in [0, 0.1) is 0 Å². The molecule has 0 aliphatic carbocycles. The fraction of sp³-hybridized carbons (Fsp3) is 0.125. The molecule has 58 valence electrons. The second-order valence-corrected chi connectivity index (χ2v) is 4.41. The Hall–Kier alpha value is 0.480. The molecular weight excluding hydrogens is 279 g/mol. The molecule has 0 amide bonds. The van der Waals surface area contributed by atoms with E-state index in [2.05, 4.69) is 0 Å². The van der Waals surface area contributed by atoms with Crippen LogP contribution in [-0.4, -0.2) is 26.9 Å². The molecule has 0 aliphatic heterocycles. The molecule has 0 aromatic heterocycles. The van der Waals surface area contributed by atoms with E-state index in [9.17, 15) is 9.90 Å². The fourth-order valence-electron chi connectivity index (χ4n) is 0.813. The van der Waals surface area contributed by atoms with Gasteiger partial charge in [-0.05, 0) is 0 Å². The van der Waals surface area contributed by atoms with E-state index in [1.165, 1.54) is 0 Å². The van der Waals surface area contributed by atoms with E-state index < -0.39 is 5.97 Å². The summed E-state index contributed by atoms with van der Waals surface area (Å²) in [5.74, 6) is -1.06. The number of carbonyl (C=O) groups excluding carboxylic acids is 1. The minimum atomic E-state index is -1.06. The molecule has 0 bridgehead atoms. The number of hydrogen-bond acceptors (Lipinski definition) is 2. The van der Waals surface area contributed by atoms with E-state index in [1.54, 1.807) is 12.1 Å². The van der Waals surface area contributed by atoms with Gasteiger partial charge in [0.25, 0.3) is 0 Å². The Morgan fingerprint density at radius 1 is 1.42 bits per heavy atom. The Morgan fingerprint density at radius 3 is 2.42 bits per heavy atom. The third-order valence-electron chi connectivity index (χ3n) is 1.33. The summed E-state index contributed by atoms with van der Waals surface area (Å²) in [4.78, 5) is 12.5. The number of carboxylic acid groups (broad SMARTS) is 1. The monoisotopic (exact) mass is 288 g/mol. The summed E-state index contributed by atoms with van der Waals surface area (Å²) < 4.78 is 0.956. The van der Waals surface area contributed by atoms with Crippen LogP contribution in [-0.2, 0) is 0 Å². The average Bonchev–Trinajstić information content (AvgIpc) is 2.04. The first kappa shape index (κ1) is 12.5. The second-order valence-electron chi connectivity index (χ2n) is 1.99. The topological polar surface area (TPSA) is 40.1 Å². The van der Waals surface area contributed by atoms with Gasteiger partial charge in [-0.2, -0.15) is 0 Å². The Labute approximate surface area is 104 Å². The number of carbonyl (C=O) groups is 1. The van der Waals surface area contributed by atoms with Gasteiger partial charge in [0.05, 0.1) is 0 Å². The molecule has 0 N–H and O–H groups in total. The molecule has 1 rings (SSSR count). The van der Waals surface area contributed by atoms with E-state index in [-0.39, 0.29) is 50.5 Å². The van der Waals surface area contributed by atoms with Gasteiger partial charge in [0.15, 0.2) is 0 Å². The van der Waals surface area contributed by atoms with Gasteiger partial charge >= 0.3 is 105 Å². The normalized spacial score (nSPS) is 8.75. The molecule has 0 atom stereocenters. The zero-order valence-corrected chi connectivity index (χ0v) is 11.4. The van der Waals surface area contributed by atoms with Crippen molar-refractivity contribution in [2.24, 2.45) is 0 Å². The summed E-state index contributed by atoms with van der Waals surface area (Å²) >= 11 is -0.329. The number of carboxylic acids is 1. The molecule has 2 nitrogen and oxygen atoms in total. The van der Waals surface area contributed by atoms with E-state index in [4.69, 9.17) is 0 Å². The van der Waals surface area contributed by atoms with Gasteiger partial charge in [0, 0.05) is 0 Å². The van der Waals surface area contributed by atoms with Crippen molar-refractivity contribution in [1.82, 2.24) is 0 Å². The molecule has 0 unspecified atom stereocenters. The minimum absolute atomic E-state index is 0. The van der Waals surface area contributed by atoms with E-state index >= 15 is 0 Å². The largest absolute Gasteiger partial charge is 1.00 e. The van der Waals surface area contributed by atoms with Gasteiger partial charge in [-0.1, -0.05) is 0 Å². The van der Waals surface area contributed by atoms with Gasteiger partial charge in [-0.25, -0.2) is 0 Å². The molecule has 0 spiro atoms. The maximum atomic E-state index is 10.5. The van der Waals surface area contributed by atoms with Crippen molar-refractivity contribution in [2.45, 2.75) is 4.97 Å². The summed E-state index contributed by atoms with van der Waals surface area (Å²) in [7, 11) is 0. The van der Waals surface area contributed by atoms with Gasteiger partial charge < -0.3 is 0 Å². The van der Waals surface area contributed by atoms with Crippen LogP contribution < -0.4 is 38.3 Å². The van der Waals surface area contributed by atoms with Gasteiger partial charge in [0.1, 0.15) is 0 Å². The van der Waals surface area contributed by atoms with Crippen molar-refractivity contribution in [3.05, 3.63) is 29.8 Å². The van der Waals surface area contributed by atoms with Gasteiger partial charge in [-0.15, -0.1) is 0 Å². The van der Waals surface area contributed by atoms with Crippen molar-refractivity contribution in [2.75, 3.05) is 0 Å². The van der Waals surface area contributed by atoms with Crippen LogP contribution in [0.4, 0.5) is 0 Å². The zero-order valence-electron chi connectivity index (χ0n) is 7.03. The van der Waals surface area contributed by atoms with Gasteiger partial charge in [0.2, 0.25) is 0 Å². The van der Waals surface area contributed by atoms with Crippen LogP contribution in [0.5, 0.6) is 0 Å². The Kier molecular flexibility index (Phi) is 6.25. The summed E-state index contributed by atoms with van der Waals surface area (Å²) in [6, 6.07) is 7.03. The molecular formula is C8H7NaO2Te. The summed E-state index contributed by atoms with van der Waals surface area (Å²) in [6.07, 6.45) is 0. The molecule has 1 aromatic carbocycles. The SMILES string of the molecule is C[Te]c1ccccc1C(=O)[O-].[Na+]. The number of rotatable bonds is 2. The number of aromatic carboxylic acids is 1. The quantitative estimate of drug-likeness (QED) is 0.528. The van der Waals surface area contributed by atoms with Gasteiger partial charge in [-0.3, -0.25) is 0 Å². The first-order valence-electron chi connectivity index (χ1n) is 3.10. The van der Waals surface area contributed by atoms with Crippen LogP contribution in [0.25, 0.3) is 0 Å². The predicted molar refractivity (Wildman–Crippen MR) is 42.0 cm³/mol. The molecule has 0 saturated heterocycles. The second kappa shape index (κ2) is 6.01. The summed E-state index contributed by atoms with van der Waals surface area (Å²) in [5.41, 5.74) is 0.359. The van der Waals surface area contributed by atoms with Crippen molar-refractivity contribution >= 4 is 30.5 Å². The standard InChI is InChI=1S/C8H8O2Te.Na/c1-11-7-5-3-2-4-6(7)8(9)10;/h2-5H,1H3,(H,9,10);/q;+1/p-1. The molecule has 4 heteroatoms. The molecule has 1 aromatic rings. The molecule has 0 fully saturated rings. The summed E-state index contributed by atoms with van der Waals surface area (Å²) in [5, 5.41) is 10.5. The zero-order chi connectivity index (χ0) is 8.27. The molecule has 0 aliphatic rings. The third-order valence-corrected chi connectivity index (χ3v) is 3.60. The van der Waals surface area contributed by atoms with Crippen molar-refractivity contribution in [1.29, 1.82) is 0 Å². The predicted octanol–water partition coefficient (Wildman–Crippen LogP) is -3.57. The fourth-order valence-corrected chi connectivity index (χ4v) is 2.49. The first-order chi connectivity index (χ1) is 5.25. The van der Waals surface area contributed by atoms with Crippen LogP contribution in [0.2, 0.25) is 4.97 Å². The molecule has 12 heavy (non-hydrogen) atoms. The smallest absolute Gasteiger partial charge is 1.00 e. The van der Waals surface area contributed by atoms with Crippen LogP contribution in [0.3, 0.4) is 0 Å². The summed E-state index contributed by atoms with van der Waals surface area (Å²) in [6.45, 7) is 0. The molecule has 0 radical (unpaired) electrons. The average molecular weight is 286 g/mol. The van der Waals surface area contributed by atoms with Crippen LogP contribution >= 0.6 is 0 Å². The number of benzene rings is 1.